The van der Waals surface area contributed by atoms with Crippen LogP contribution in [0, 0.1) is 17.0 Å². The van der Waals surface area contributed by atoms with Crippen LogP contribution in [-0.4, -0.2) is 41.9 Å². The van der Waals surface area contributed by atoms with Gasteiger partial charge in [-0.15, -0.1) is 10.2 Å². The third-order valence-electron chi connectivity index (χ3n) is 4.42. The number of rotatable bonds is 4. The topological polar surface area (TPSA) is 135 Å². The van der Waals surface area contributed by atoms with Crippen molar-refractivity contribution in [2.45, 2.75) is 13.8 Å². The van der Waals surface area contributed by atoms with Gasteiger partial charge in [0.05, 0.1) is 23.4 Å². The van der Waals surface area contributed by atoms with Gasteiger partial charge < -0.3 is 4.74 Å². The number of nitro benzene ring substituents is 1. The molecular formula is C18H14N6O5. The fourth-order valence-electron chi connectivity index (χ4n) is 3.01. The average Bonchev–Trinajstić information content (AvgIpc) is 3.13. The highest BCUT2D eigenvalue weighted by Crippen LogP contribution is 2.21. The quantitative estimate of drug-likeness (QED) is 0.291. The van der Waals surface area contributed by atoms with E-state index in [0.717, 1.165) is 0 Å². The molecule has 0 unspecified atom stereocenters. The van der Waals surface area contributed by atoms with Gasteiger partial charge in [0.15, 0.2) is 11.2 Å². The van der Waals surface area contributed by atoms with Gasteiger partial charge in [0.2, 0.25) is 0 Å². The van der Waals surface area contributed by atoms with E-state index in [1.807, 2.05) is 0 Å². The van der Waals surface area contributed by atoms with Crippen molar-refractivity contribution in [3.05, 3.63) is 68.3 Å². The summed E-state index contributed by atoms with van der Waals surface area (Å²) in [6, 6.07) is 5.84. The monoisotopic (exact) mass is 394 g/mol. The smallest absolute Gasteiger partial charge is 0.343 e. The van der Waals surface area contributed by atoms with Gasteiger partial charge in [0, 0.05) is 18.3 Å². The maximum absolute atomic E-state index is 13.0. The summed E-state index contributed by atoms with van der Waals surface area (Å²) in [6.07, 6.45) is 2.78. The Balaban J connectivity index is 1.93. The molecule has 3 aromatic heterocycles. The highest BCUT2D eigenvalue weighted by atomic mass is 16.6. The van der Waals surface area contributed by atoms with E-state index in [1.165, 1.54) is 33.6 Å². The van der Waals surface area contributed by atoms with E-state index in [-0.39, 0.29) is 29.0 Å². The van der Waals surface area contributed by atoms with Gasteiger partial charge in [-0.2, -0.15) is 5.10 Å². The third kappa shape index (κ3) is 2.88. The summed E-state index contributed by atoms with van der Waals surface area (Å²) in [5.41, 5.74) is 1.04. The fraction of sp³-hybridized carbons (Fsp3) is 0.167. The molecule has 4 rings (SSSR count). The first-order chi connectivity index (χ1) is 13.9. The number of nitrogens with zero attached hydrogens (tertiary/aromatic N) is 6. The maximum atomic E-state index is 13.0. The van der Waals surface area contributed by atoms with Gasteiger partial charge in [-0.1, -0.05) is 6.07 Å². The molecule has 0 fully saturated rings. The number of ether oxygens (including phenoxy) is 1. The first kappa shape index (κ1) is 18.2. The van der Waals surface area contributed by atoms with Gasteiger partial charge in [-0.05, 0) is 25.5 Å². The minimum atomic E-state index is -0.586. The molecular weight excluding hydrogens is 380 g/mol. The lowest BCUT2D eigenvalue weighted by atomic mass is 10.1. The molecule has 0 bridgehead atoms. The van der Waals surface area contributed by atoms with Crippen molar-refractivity contribution >= 4 is 28.3 Å². The van der Waals surface area contributed by atoms with Gasteiger partial charge in [-0.25, -0.2) is 9.31 Å². The molecule has 0 N–H and O–H groups in total. The van der Waals surface area contributed by atoms with Gasteiger partial charge in [0.25, 0.3) is 11.2 Å². The average molecular weight is 394 g/mol. The van der Waals surface area contributed by atoms with Crippen molar-refractivity contribution in [3.63, 3.8) is 0 Å². The van der Waals surface area contributed by atoms with Crippen LogP contribution >= 0.6 is 0 Å². The normalized spacial score (nSPS) is 11.1. The lowest BCUT2D eigenvalue weighted by molar-refractivity contribution is -0.384. The van der Waals surface area contributed by atoms with Crippen molar-refractivity contribution < 1.29 is 14.5 Å². The highest BCUT2D eigenvalue weighted by molar-refractivity contribution is 5.96. The Morgan fingerprint density at radius 1 is 1.28 bits per heavy atom. The Hall–Kier alpha value is -4.15. The summed E-state index contributed by atoms with van der Waals surface area (Å²) < 4.78 is 7.57. The molecule has 3 heterocycles. The van der Waals surface area contributed by atoms with Crippen LogP contribution in [0.4, 0.5) is 5.69 Å². The van der Waals surface area contributed by atoms with E-state index in [2.05, 4.69) is 15.3 Å². The molecule has 0 saturated carbocycles. The number of aromatic nitrogens is 5. The third-order valence-corrected chi connectivity index (χ3v) is 4.42. The van der Waals surface area contributed by atoms with Gasteiger partial charge in [-0.3, -0.25) is 19.5 Å². The number of nitro groups is 1. The van der Waals surface area contributed by atoms with E-state index < -0.39 is 16.5 Å². The van der Waals surface area contributed by atoms with Crippen molar-refractivity contribution in [1.29, 1.82) is 0 Å². The van der Waals surface area contributed by atoms with Crippen molar-refractivity contribution in [2.24, 2.45) is 0 Å². The first-order valence-electron chi connectivity index (χ1n) is 8.60. The molecule has 0 saturated heterocycles. The molecule has 1 aromatic carbocycles. The maximum Gasteiger partial charge on any atom is 0.343 e. The molecule has 0 spiro atoms. The van der Waals surface area contributed by atoms with Crippen LogP contribution in [0.1, 0.15) is 22.8 Å². The highest BCUT2D eigenvalue weighted by Gasteiger charge is 2.19. The summed E-state index contributed by atoms with van der Waals surface area (Å²) in [6.45, 7) is 3.62. The van der Waals surface area contributed by atoms with E-state index >= 15 is 0 Å². The number of pyridine rings is 1. The molecule has 4 aromatic rings. The SMILES string of the molecule is CCOC(=O)c1cnn2c1nnc1c(=O)n(-c3cc([N+](=O)[O-])ccc3C)ccc12. The standard InChI is InChI=1S/C18H14N6O5/c1-3-29-18(26)12-9-19-23-13-6-7-22(17(25)15(13)20-21-16(12)23)14-8-11(24(27)28)5-4-10(14)2/h4-9H,3H2,1-2H3. The largest absolute Gasteiger partial charge is 0.462 e. The minimum Gasteiger partial charge on any atom is -0.462 e. The molecule has 0 atom stereocenters. The number of benzene rings is 1. The Kier molecular flexibility index (Phi) is 4.26. The summed E-state index contributed by atoms with van der Waals surface area (Å²) in [5, 5.41) is 23.2. The number of carbonyl (C=O) groups excluding carboxylic acids is 1. The van der Waals surface area contributed by atoms with E-state index in [4.69, 9.17) is 4.74 Å². The zero-order valence-electron chi connectivity index (χ0n) is 15.4. The second kappa shape index (κ2) is 6.78. The number of carbonyl (C=O) groups is 1. The van der Waals surface area contributed by atoms with Crippen molar-refractivity contribution in [3.8, 4) is 5.69 Å². The number of non-ortho nitro benzene ring substituents is 1. The summed E-state index contributed by atoms with van der Waals surface area (Å²) in [5.74, 6) is -0.586. The summed E-state index contributed by atoms with van der Waals surface area (Å²) >= 11 is 0. The van der Waals surface area contributed by atoms with Crippen LogP contribution in [0.25, 0.3) is 22.4 Å². The number of hydrogen-bond acceptors (Lipinski definition) is 8. The van der Waals surface area contributed by atoms with E-state index in [9.17, 15) is 19.7 Å². The molecule has 0 amide bonds. The molecule has 0 aliphatic carbocycles. The van der Waals surface area contributed by atoms with Gasteiger partial charge in [0.1, 0.15) is 11.1 Å². The Morgan fingerprint density at radius 2 is 2.07 bits per heavy atom. The van der Waals surface area contributed by atoms with Crippen molar-refractivity contribution in [1.82, 2.24) is 24.4 Å². The second-order valence-corrected chi connectivity index (χ2v) is 6.17. The van der Waals surface area contributed by atoms with E-state index in [1.54, 1.807) is 26.0 Å². The summed E-state index contributed by atoms with van der Waals surface area (Å²) in [7, 11) is 0. The van der Waals surface area contributed by atoms with Crippen LogP contribution < -0.4 is 5.56 Å². The summed E-state index contributed by atoms with van der Waals surface area (Å²) in [4.78, 5) is 35.6. The predicted molar refractivity (Wildman–Crippen MR) is 101 cm³/mol. The molecule has 0 radical (unpaired) electrons. The predicted octanol–water partition coefficient (Wildman–Crippen LogP) is 1.82. The minimum absolute atomic E-state index is 0.00409. The zero-order chi connectivity index (χ0) is 20.7. The molecule has 29 heavy (non-hydrogen) atoms. The van der Waals surface area contributed by atoms with Crippen LogP contribution in [0.2, 0.25) is 0 Å². The van der Waals surface area contributed by atoms with Crippen LogP contribution in [0.5, 0.6) is 0 Å². The lowest BCUT2D eigenvalue weighted by Crippen LogP contribution is -2.21. The molecule has 0 aliphatic heterocycles. The molecule has 0 aliphatic rings. The van der Waals surface area contributed by atoms with Crippen molar-refractivity contribution in [2.75, 3.05) is 6.61 Å². The molecule has 11 nitrogen and oxygen atoms in total. The lowest BCUT2D eigenvalue weighted by Gasteiger charge is -2.10. The van der Waals surface area contributed by atoms with Crippen LogP contribution in [0.3, 0.4) is 0 Å². The molecule has 146 valence electrons. The Bertz CT molecular complexity index is 1360. The number of hydrogen-bond donors (Lipinski definition) is 0. The second-order valence-electron chi connectivity index (χ2n) is 6.17. The number of esters is 1. The Labute approximate surface area is 162 Å². The zero-order valence-corrected chi connectivity index (χ0v) is 15.4. The number of fused-ring (bicyclic) bond motifs is 3. The molecule has 11 heteroatoms. The van der Waals surface area contributed by atoms with Crippen LogP contribution in [0.15, 0.2) is 41.5 Å². The van der Waals surface area contributed by atoms with Crippen LogP contribution in [-0.2, 0) is 4.74 Å². The van der Waals surface area contributed by atoms with E-state index in [0.29, 0.717) is 16.8 Å². The first-order valence-corrected chi connectivity index (χ1v) is 8.60. The number of aryl methyl sites for hydroxylation is 1. The fourth-order valence-corrected chi connectivity index (χ4v) is 3.01. The Morgan fingerprint density at radius 3 is 2.79 bits per heavy atom. The van der Waals surface area contributed by atoms with Gasteiger partial charge >= 0.3 is 5.97 Å².